The molecule has 1 aromatic heterocycles. The highest BCUT2D eigenvalue weighted by Crippen LogP contribution is 2.27. The molecule has 0 unspecified atom stereocenters. The van der Waals surface area contributed by atoms with Gasteiger partial charge < -0.3 is 15.2 Å². The fraction of sp³-hybridized carbons (Fsp3) is 0.250. The van der Waals surface area contributed by atoms with Gasteiger partial charge in [-0.2, -0.15) is 0 Å². The molecule has 0 spiro atoms. The number of aromatic nitrogens is 1. The van der Waals surface area contributed by atoms with Crippen molar-refractivity contribution < 1.29 is 4.39 Å². The van der Waals surface area contributed by atoms with E-state index in [2.05, 4.69) is 15.2 Å². The quantitative estimate of drug-likeness (QED) is 0.765. The van der Waals surface area contributed by atoms with Gasteiger partial charge in [0.2, 0.25) is 0 Å². The van der Waals surface area contributed by atoms with E-state index in [1.54, 1.807) is 24.4 Å². The van der Waals surface area contributed by atoms with Crippen LogP contribution >= 0.6 is 0 Å². The predicted octanol–water partition coefficient (Wildman–Crippen LogP) is 3.75. The molecule has 4 nitrogen and oxygen atoms in total. The molecule has 0 amide bonds. The number of piperidine rings is 1. The standard InChI is InChI=1S/C20H20FN3O/c21-15-4-1-2-5-16(15)23-14-9-12-24(13-10-14)18-7-3-6-17-20(18)19(25)8-11-22-17/h1-8,11,14,23H,9-10,12-13H2,(H,22,25). The number of para-hydroxylation sites is 1. The van der Waals surface area contributed by atoms with Gasteiger partial charge in [0.15, 0.2) is 5.43 Å². The van der Waals surface area contributed by atoms with Gasteiger partial charge in [-0.15, -0.1) is 0 Å². The van der Waals surface area contributed by atoms with Crippen molar-refractivity contribution in [3.63, 3.8) is 0 Å². The first kappa shape index (κ1) is 15.7. The molecular weight excluding hydrogens is 317 g/mol. The van der Waals surface area contributed by atoms with Crippen LogP contribution in [0.1, 0.15) is 12.8 Å². The van der Waals surface area contributed by atoms with Gasteiger partial charge in [-0.05, 0) is 37.1 Å². The number of aromatic amines is 1. The van der Waals surface area contributed by atoms with Gasteiger partial charge in [-0.1, -0.05) is 18.2 Å². The van der Waals surface area contributed by atoms with Crippen LogP contribution in [0.3, 0.4) is 0 Å². The molecule has 0 radical (unpaired) electrons. The maximum atomic E-state index is 13.8. The van der Waals surface area contributed by atoms with Crippen LogP contribution in [-0.4, -0.2) is 24.1 Å². The van der Waals surface area contributed by atoms with Crippen LogP contribution < -0.4 is 15.6 Å². The van der Waals surface area contributed by atoms with E-state index in [9.17, 15) is 9.18 Å². The maximum Gasteiger partial charge on any atom is 0.191 e. The van der Waals surface area contributed by atoms with Crippen molar-refractivity contribution in [2.75, 3.05) is 23.3 Å². The number of H-pyrrole nitrogens is 1. The Morgan fingerprint density at radius 1 is 1.04 bits per heavy atom. The first-order valence-corrected chi connectivity index (χ1v) is 8.59. The summed E-state index contributed by atoms with van der Waals surface area (Å²) < 4.78 is 13.8. The van der Waals surface area contributed by atoms with Crippen LogP contribution in [-0.2, 0) is 0 Å². The van der Waals surface area contributed by atoms with E-state index in [0.29, 0.717) is 5.69 Å². The lowest BCUT2D eigenvalue weighted by Crippen LogP contribution is -2.39. The third-order valence-corrected chi connectivity index (χ3v) is 4.83. The van der Waals surface area contributed by atoms with Crippen LogP contribution in [0.2, 0.25) is 0 Å². The molecule has 1 fully saturated rings. The number of anilines is 2. The van der Waals surface area contributed by atoms with Crippen molar-refractivity contribution in [2.24, 2.45) is 0 Å². The van der Waals surface area contributed by atoms with Crippen LogP contribution in [0.5, 0.6) is 0 Å². The monoisotopic (exact) mass is 337 g/mol. The fourth-order valence-electron chi connectivity index (χ4n) is 3.54. The SMILES string of the molecule is O=c1cc[nH]c2cccc(N3CCC(Nc4ccccc4F)CC3)c12. The first-order chi connectivity index (χ1) is 12.2. The lowest BCUT2D eigenvalue weighted by atomic mass is 10.0. The second-order valence-corrected chi connectivity index (χ2v) is 6.43. The van der Waals surface area contributed by atoms with Gasteiger partial charge in [0.1, 0.15) is 5.82 Å². The summed E-state index contributed by atoms with van der Waals surface area (Å²) in [7, 11) is 0. The van der Waals surface area contributed by atoms with Crippen LogP contribution in [0.4, 0.5) is 15.8 Å². The number of nitrogens with one attached hydrogen (secondary N) is 2. The number of hydrogen-bond donors (Lipinski definition) is 2. The fourth-order valence-corrected chi connectivity index (χ4v) is 3.54. The summed E-state index contributed by atoms with van der Waals surface area (Å²) in [5.74, 6) is -0.217. The maximum absolute atomic E-state index is 13.8. The Balaban J connectivity index is 1.51. The van der Waals surface area contributed by atoms with E-state index in [0.717, 1.165) is 42.5 Å². The largest absolute Gasteiger partial charge is 0.380 e. The smallest absolute Gasteiger partial charge is 0.191 e. The zero-order valence-corrected chi connectivity index (χ0v) is 13.8. The van der Waals surface area contributed by atoms with Crippen molar-refractivity contribution in [1.82, 2.24) is 4.98 Å². The van der Waals surface area contributed by atoms with Crippen molar-refractivity contribution >= 4 is 22.3 Å². The number of halogens is 1. The molecule has 1 aliphatic heterocycles. The molecule has 0 bridgehead atoms. The minimum Gasteiger partial charge on any atom is -0.380 e. The zero-order chi connectivity index (χ0) is 17.2. The third kappa shape index (κ3) is 3.09. The average Bonchev–Trinajstić information content (AvgIpc) is 2.64. The second-order valence-electron chi connectivity index (χ2n) is 6.43. The van der Waals surface area contributed by atoms with Crippen molar-refractivity contribution in [2.45, 2.75) is 18.9 Å². The van der Waals surface area contributed by atoms with E-state index >= 15 is 0 Å². The van der Waals surface area contributed by atoms with Gasteiger partial charge in [-0.25, -0.2) is 4.39 Å². The normalized spacial score (nSPS) is 15.5. The summed E-state index contributed by atoms with van der Waals surface area (Å²) >= 11 is 0. The lowest BCUT2D eigenvalue weighted by Gasteiger charge is -2.35. The van der Waals surface area contributed by atoms with Gasteiger partial charge in [0.25, 0.3) is 0 Å². The molecule has 0 saturated carbocycles. The summed E-state index contributed by atoms with van der Waals surface area (Å²) in [6.45, 7) is 1.67. The Morgan fingerprint density at radius 3 is 2.64 bits per heavy atom. The van der Waals surface area contributed by atoms with Crippen LogP contribution in [0.25, 0.3) is 10.9 Å². The van der Waals surface area contributed by atoms with Crippen molar-refractivity contribution in [1.29, 1.82) is 0 Å². The molecule has 5 heteroatoms. The summed E-state index contributed by atoms with van der Waals surface area (Å²) in [6, 6.07) is 14.5. The topological polar surface area (TPSA) is 48.1 Å². The number of pyridine rings is 1. The zero-order valence-electron chi connectivity index (χ0n) is 13.8. The highest BCUT2D eigenvalue weighted by Gasteiger charge is 2.21. The van der Waals surface area contributed by atoms with Crippen LogP contribution in [0, 0.1) is 5.82 Å². The number of fused-ring (bicyclic) bond motifs is 1. The number of nitrogens with zero attached hydrogens (tertiary/aromatic N) is 1. The number of hydrogen-bond acceptors (Lipinski definition) is 3. The van der Waals surface area contributed by atoms with Crippen molar-refractivity contribution in [3.8, 4) is 0 Å². The molecule has 0 aliphatic carbocycles. The molecule has 4 rings (SSSR count). The van der Waals surface area contributed by atoms with Crippen LogP contribution in [0.15, 0.2) is 59.5 Å². The molecule has 25 heavy (non-hydrogen) atoms. The highest BCUT2D eigenvalue weighted by molar-refractivity contribution is 5.91. The Labute approximate surface area is 145 Å². The lowest BCUT2D eigenvalue weighted by molar-refractivity contribution is 0.523. The van der Waals surface area contributed by atoms with Gasteiger partial charge in [0.05, 0.1) is 22.3 Å². The summed E-state index contributed by atoms with van der Waals surface area (Å²) in [5.41, 5.74) is 2.43. The van der Waals surface area contributed by atoms with E-state index in [4.69, 9.17) is 0 Å². The minimum atomic E-state index is -0.217. The minimum absolute atomic E-state index is 0.0379. The van der Waals surface area contributed by atoms with E-state index in [1.807, 2.05) is 24.3 Å². The Kier molecular flexibility index (Phi) is 4.14. The number of benzene rings is 2. The Bertz CT molecular complexity index is 940. The third-order valence-electron chi connectivity index (χ3n) is 4.83. The van der Waals surface area contributed by atoms with Crippen molar-refractivity contribution in [3.05, 3.63) is 70.8 Å². The average molecular weight is 337 g/mol. The van der Waals surface area contributed by atoms with Gasteiger partial charge >= 0.3 is 0 Å². The highest BCUT2D eigenvalue weighted by atomic mass is 19.1. The summed E-state index contributed by atoms with van der Waals surface area (Å²) in [6.07, 6.45) is 3.48. The second kappa shape index (κ2) is 6.59. The number of rotatable bonds is 3. The Hall–Kier alpha value is -2.82. The molecule has 128 valence electrons. The molecule has 2 heterocycles. The molecule has 3 aromatic rings. The van der Waals surface area contributed by atoms with Gasteiger partial charge in [-0.3, -0.25) is 4.79 Å². The molecule has 1 aliphatic rings. The molecule has 2 aromatic carbocycles. The van der Waals surface area contributed by atoms with Gasteiger partial charge in [0, 0.05) is 31.4 Å². The van der Waals surface area contributed by atoms with E-state index in [1.165, 1.54) is 6.07 Å². The molecule has 0 atom stereocenters. The molecule has 1 saturated heterocycles. The van der Waals surface area contributed by atoms with E-state index < -0.39 is 0 Å². The molecular formula is C20H20FN3O. The predicted molar refractivity (Wildman–Crippen MR) is 99.8 cm³/mol. The summed E-state index contributed by atoms with van der Waals surface area (Å²) in [4.78, 5) is 17.7. The summed E-state index contributed by atoms with van der Waals surface area (Å²) in [5, 5.41) is 4.04. The van der Waals surface area contributed by atoms with E-state index in [-0.39, 0.29) is 17.3 Å². The Morgan fingerprint density at radius 2 is 1.84 bits per heavy atom. The first-order valence-electron chi connectivity index (χ1n) is 8.59. The molecule has 2 N–H and O–H groups in total.